The van der Waals surface area contributed by atoms with Gasteiger partial charge in [-0.2, -0.15) is 5.10 Å². The standard InChI is InChI=1S/C17H16N4OS2/c1-20-11(6-7-19-20)12-4-5-13(23-12)16(22)15-17(10-2-3-10)24-14-8-18-9-21(14)15/h4-10,16,22H,2-3H2,1H3. The molecule has 1 N–H and O–H groups in total. The summed E-state index contributed by atoms with van der Waals surface area (Å²) < 4.78 is 3.91. The Morgan fingerprint density at radius 1 is 1.25 bits per heavy atom. The molecule has 0 aromatic carbocycles. The number of aliphatic hydroxyl groups excluding tert-OH is 1. The van der Waals surface area contributed by atoms with Crippen molar-refractivity contribution in [2.45, 2.75) is 24.9 Å². The third-order valence-electron chi connectivity index (χ3n) is 4.51. The predicted octanol–water partition coefficient (Wildman–Crippen LogP) is 3.82. The molecule has 0 saturated heterocycles. The zero-order chi connectivity index (χ0) is 16.3. The first kappa shape index (κ1) is 14.4. The van der Waals surface area contributed by atoms with Gasteiger partial charge in [0.1, 0.15) is 17.3 Å². The van der Waals surface area contributed by atoms with Crippen LogP contribution in [-0.2, 0) is 7.05 Å². The third-order valence-corrected chi connectivity index (χ3v) is 6.94. The third kappa shape index (κ3) is 2.16. The van der Waals surface area contributed by atoms with Crippen LogP contribution in [0.2, 0.25) is 0 Å². The fraction of sp³-hybridized carbons (Fsp3) is 0.294. The molecule has 1 saturated carbocycles. The van der Waals surface area contributed by atoms with Crippen molar-refractivity contribution in [2.75, 3.05) is 0 Å². The number of aryl methyl sites for hydroxylation is 1. The summed E-state index contributed by atoms with van der Waals surface area (Å²) in [4.78, 5) is 8.73. The van der Waals surface area contributed by atoms with Gasteiger partial charge >= 0.3 is 0 Å². The number of thiophene rings is 1. The molecule has 0 radical (unpaired) electrons. The maximum absolute atomic E-state index is 11.1. The first-order chi connectivity index (χ1) is 11.7. The molecule has 1 fully saturated rings. The molecule has 4 aromatic rings. The Bertz CT molecular complexity index is 1020. The lowest BCUT2D eigenvalue weighted by Crippen LogP contribution is -2.03. The van der Waals surface area contributed by atoms with Gasteiger partial charge in [-0.15, -0.1) is 22.7 Å². The summed E-state index contributed by atoms with van der Waals surface area (Å²) in [6, 6.07) is 6.08. The zero-order valence-corrected chi connectivity index (χ0v) is 14.7. The van der Waals surface area contributed by atoms with E-state index in [1.165, 1.54) is 17.7 Å². The van der Waals surface area contributed by atoms with Crippen LogP contribution < -0.4 is 0 Å². The number of aromatic nitrogens is 4. The van der Waals surface area contributed by atoms with Crippen LogP contribution in [0.25, 0.3) is 15.4 Å². The van der Waals surface area contributed by atoms with E-state index in [1.807, 2.05) is 40.8 Å². The Kier molecular flexibility index (Phi) is 3.16. The van der Waals surface area contributed by atoms with Crippen LogP contribution >= 0.6 is 22.7 Å². The molecule has 0 spiro atoms. The summed E-state index contributed by atoms with van der Waals surface area (Å²) in [6.45, 7) is 0. The highest BCUT2D eigenvalue weighted by molar-refractivity contribution is 7.17. The van der Waals surface area contributed by atoms with Crippen molar-refractivity contribution < 1.29 is 5.11 Å². The van der Waals surface area contributed by atoms with E-state index in [0.29, 0.717) is 5.92 Å². The van der Waals surface area contributed by atoms with Gasteiger partial charge in [-0.25, -0.2) is 4.98 Å². The van der Waals surface area contributed by atoms with Gasteiger partial charge in [-0.05, 0) is 37.0 Å². The second kappa shape index (κ2) is 5.27. The summed E-state index contributed by atoms with van der Waals surface area (Å²) in [7, 11) is 1.93. The minimum atomic E-state index is -0.615. The molecule has 1 unspecified atom stereocenters. The minimum Gasteiger partial charge on any atom is -0.381 e. The number of imidazole rings is 1. The largest absolute Gasteiger partial charge is 0.381 e. The van der Waals surface area contributed by atoms with Crippen LogP contribution in [0, 0.1) is 0 Å². The van der Waals surface area contributed by atoms with Gasteiger partial charge in [0.05, 0.1) is 22.5 Å². The molecule has 1 aliphatic carbocycles. The topological polar surface area (TPSA) is 55.3 Å². The molecule has 4 aromatic heterocycles. The van der Waals surface area contributed by atoms with Gasteiger partial charge in [0.15, 0.2) is 0 Å². The van der Waals surface area contributed by atoms with E-state index in [9.17, 15) is 5.11 Å². The SMILES string of the molecule is Cn1nccc1-c1ccc(C(O)c2c(C3CC3)sc3cncn23)s1. The number of rotatable bonds is 4. The zero-order valence-electron chi connectivity index (χ0n) is 13.1. The molecule has 122 valence electrons. The average molecular weight is 356 g/mol. The van der Waals surface area contributed by atoms with Crippen molar-refractivity contribution in [1.29, 1.82) is 0 Å². The van der Waals surface area contributed by atoms with E-state index >= 15 is 0 Å². The molecule has 5 nitrogen and oxygen atoms in total. The molecule has 1 atom stereocenters. The lowest BCUT2D eigenvalue weighted by molar-refractivity contribution is 0.217. The Morgan fingerprint density at radius 3 is 2.88 bits per heavy atom. The van der Waals surface area contributed by atoms with Crippen LogP contribution in [0.1, 0.15) is 40.3 Å². The van der Waals surface area contributed by atoms with Gasteiger partial charge in [0.2, 0.25) is 0 Å². The van der Waals surface area contributed by atoms with Crippen molar-refractivity contribution in [3.8, 4) is 10.6 Å². The Balaban J connectivity index is 1.58. The molecule has 0 bridgehead atoms. The van der Waals surface area contributed by atoms with Crippen LogP contribution in [0.5, 0.6) is 0 Å². The Morgan fingerprint density at radius 2 is 2.12 bits per heavy atom. The molecular weight excluding hydrogens is 340 g/mol. The maximum Gasteiger partial charge on any atom is 0.130 e. The van der Waals surface area contributed by atoms with Crippen LogP contribution in [0.15, 0.2) is 36.9 Å². The van der Waals surface area contributed by atoms with Crippen molar-refractivity contribution in [3.05, 3.63) is 52.4 Å². The van der Waals surface area contributed by atoms with Gasteiger partial charge < -0.3 is 5.11 Å². The van der Waals surface area contributed by atoms with E-state index in [-0.39, 0.29) is 0 Å². The Labute approximate surface area is 146 Å². The molecule has 4 heterocycles. The summed E-state index contributed by atoms with van der Waals surface area (Å²) in [6.07, 6.45) is 7.32. The molecule has 7 heteroatoms. The highest BCUT2D eigenvalue weighted by atomic mass is 32.1. The van der Waals surface area contributed by atoms with Gasteiger partial charge in [-0.1, -0.05) is 0 Å². The summed E-state index contributed by atoms with van der Waals surface area (Å²) in [5.74, 6) is 0.607. The molecule has 5 rings (SSSR count). The van der Waals surface area contributed by atoms with E-state index in [0.717, 1.165) is 26.0 Å². The fourth-order valence-corrected chi connectivity index (χ4v) is 5.47. The van der Waals surface area contributed by atoms with Crippen molar-refractivity contribution in [1.82, 2.24) is 19.2 Å². The van der Waals surface area contributed by atoms with Gasteiger partial charge in [0, 0.05) is 23.0 Å². The van der Waals surface area contributed by atoms with Crippen molar-refractivity contribution in [2.24, 2.45) is 7.05 Å². The number of nitrogens with zero attached hydrogens (tertiary/aromatic N) is 4. The highest BCUT2D eigenvalue weighted by Gasteiger charge is 2.33. The lowest BCUT2D eigenvalue weighted by Gasteiger charge is -2.10. The summed E-state index contributed by atoms with van der Waals surface area (Å²) >= 11 is 3.39. The lowest BCUT2D eigenvalue weighted by atomic mass is 10.1. The average Bonchev–Trinajstić information content (AvgIpc) is 2.99. The van der Waals surface area contributed by atoms with E-state index in [2.05, 4.69) is 16.1 Å². The fourth-order valence-electron chi connectivity index (χ4n) is 3.12. The molecule has 1 aliphatic rings. The Hall–Kier alpha value is -1.96. The van der Waals surface area contributed by atoms with Crippen LogP contribution in [0.4, 0.5) is 0 Å². The van der Waals surface area contributed by atoms with Crippen LogP contribution in [-0.4, -0.2) is 24.3 Å². The van der Waals surface area contributed by atoms with E-state index in [4.69, 9.17) is 0 Å². The highest BCUT2D eigenvalue weighted by Crippen LogP contribution is 2.48. The van der Waals surface area contributed by atoms with Crippen LogP contribution in [0.3, 0.4) is 0 Å². The molecular formula is C17H16N4OS2. The van der Waals surface area contributed by atoms with Crippen molar-refractivity contribution >= 4 is 27.5 Å². The molecule has 0 amide bonds. The number of hydrogen-bond acceptors (Lipinski definition) is 5. The quantitative estimate of drug-likeness (QED) is 0.605. The number of hydrogen-bond donors (Lipinski definition) is 1. The molecule has 0 aliphatic heterocycles. The van der Waals surface area contributed by atoms with Gasteiger partial charge in [-0.3, -0.25) is 9.08 Å². The summed E-state index contributed by atoms with van der Waals surface area (Å²) in [5, 5.41) is 15.3. The van der Waals surface area contributed by atoms with Crippen molar-refractivity contribution in [3.63, 3.8) is 0 Å². The second-order valence-electron chi connectivity index (χ2n) is 6.17. The second-order valence-corrected chi connectivity index (χ2v) is 8.35. The van der Waals surface area contributed by atoms with Gasteiger partial charge in [0.25, 0.3) is 0 Å². The number of fused-ring (bicyclic) bond motifs is 1. The smallest absolute Gasteiger partial charge is 0.130 e. The van der Waals surface area contributed by atoms with E-state index in [1.54, 1.807) is 28.9 Å². The molecule has 24 heavy (non-hydrogen) atoms. The normalized spacial score (nSPS) is 16.1. The number of thiazole rings is 1. The first-order valence-electron chi connectivity index (χ1n) is 7.93. The number of aliphatic hydroxyl groups is 1. The predicted molar refractivity (Wildman–Crippen MR) is 95.6 cm³/mol. The monoisotopic (exact) mass is 356 g/mol. The maximum atomic E-state index is 11.1. The van der Waals surface area contributed by atoms with E-state index < -0.39 is 6.10 Å². The minimum absolute atomic E-state index is 0.607. The summed E-state index contributed by atoms with van der Waals surface area (Å²) in [5.41, 5.74) is 2.06. The first-order valence-corrected chi connectivity index (χ1v) is 9.56.